The number of rotatable bonds is 5. The van der Waals surface area contributed by atoms with Gasteiger partial charge in [0.2, 0.25) is 5.88 Å². The Morgan fingerprint density at radius 2 is 2.14 bits per heavy atom. The van der Waals surface area contributed by atoms with Crippen LogP contribution in [0.5, 0.6) is 5.88 Å². The molecular weight excluding hydrogens is 304 g/mol. The largest absolute Gasteiger partial charge is 0.481 e. The molecule has 22 heavy (non-hydrogen) atoms. The summed E-state index contributed by atoms with van der Waals surface area (Å²) in [6.45, 7) is 3.74. The zero-order chi connectivity index (χ0) is 16.3. The molecule has 0 atom stereocenters. The SMILES string of the molecule is CCc1c(C)sc(NC(=O)c2ccc(OC)nc2)c1C(=O)O. The fraction of sp³-hybridized carbons (Fsp3) is 0.267. The number of aromatic carboxylic acids is 1. The number of ether oxygens (including phenoxy) is 1. The van der Waals surface area contributed by atoms with Crippen molar-refractivity contribution in [1.82, 2.24) is 4.98 Å². The van der Waals surface area contributed by atoms with Crippen LogP contribution in [0.3, 0.4) is 0 Å². The highest BCUT2D eigenvalue weighted by Crippen LogP contribution is 2.33. The van der Waals surface area contributed by atoms with E-state index in [9.17, 15) is 14.7 Å². The van der Waals surface area contributed by atoms with Crippen molar-refractivity contribution in [3.63, 3.8) is 0 Å². The number of carbonyl (C=O) groups excluding carboxylic acids is 1. The third kappa shape index (κ3) is 3.09. The van der Waals surface area contributed by atoms with E-state index in [-0.39, 0.29) is 5.56 Å². The number of pyridine rings is 1. The number of aryl methyl sites for hydroxylation is 1. The minimum absolute atomic E-state index is 0.167. The summed E-state index contributed by atoms with van der Waals surface area (Å²) in [5, 5.41) is 12.4. The van der Waals surface area contributed by atoms with Gasteiger partial charge in [0.25, 0.3) is 5.91 Å². The molecule has 2 rings (SSSR count). The maximum Gasteiger partial charge on any atom is 0.339 e. The molecule has 0 aliphatic carbocycles. The molecule has 0 saturated heterocycles. The van der Waals surface area contributed by atoms with Crippen LogP contribution >= 0.6 is 11.3 Å². The van der Waals surface area contributed by atoms with Gasteiger partial charge in [-0.15, -0.1) is 11.3 Å². The number of carboxylic acid groups (broad SMARTS) is 1. The normalized spacial score (nSPS) is 10.3. The Bertz CT molecular complexity index is 707. The Morgan fingerprint density at radius 1 is 1.41 bits per heavy atom. The molecule has 0 bridgehead atoms. The van der Waals surface area contributed by atoms with Crippen LogP contribution in [0.4, 0.5) is 5.00 Å². The predicted octanol–water partition coefficient (Wildman–Crippen LogP) is 2.97. The second-order valence-electron chi connectivity index (χ2n) is 4.54. The molecule has 0 unspecified atom stereocenters. The average Bonchev–Trinajstić information content (AvgIpc) is 2.82. The Labute approximate surface area is 131 Å². The van der Waals surface area contributed by atoms with E-state index >= 15 is 0 Å². The van der Waals surface area contributed by atoms with Gasteiger partial charge in [-0.25, -0.2) is 9.78 Å². The van der Waals surface area contributed by atoms with E-state index < -0.39 is 11.9 Å². The number of carbonyl (C=O) groups is 2. The van der Waals surface area contributed by atoms with Crippen molar-refractivity contribution in [3.8, 4) is 5.88 Å². The van der Waals surface area contributed by atoms with Gasteiger partial charge in [0.15, 0.2) is 0 Å². The summed E-state index contributed by atoms with van der Waals surface area (Å²) in [5.74, 6) is -1.03. The Balaban J connectivity index is 2.29. The Hall–Kier alpha value is -2.41. The van der Waals surface area contributed by atoms with Crippen LogP contribution in [0.1, 0.15) is 38.1 Å². The van der Waals surface area contributed by atoms with Crippen LogP contribution in [0, 0.1) is 6.92 Å². The second kappa shape index (κ2) is 6.57. The lowest BCUT2D eigenvalue weighted by Gasteiger charge is -2.05. The number of aromatic nitrogens is 1. The lowest BCUT2D eigenvalue weighted by Crippen LogP contribution is -2.14. The first kappa shape index (κ1) is 16.0. The predicted molar refractivity (Wildman–Crippen MR) is 84.1 cm³/mol. The van der Waals surface area contributed by atoms with Crippen LogP contribution in [0.2, 0.25) is 0 Å². The summed E-state index contributed by atoms with van der Waals surface area (Å²) >= 11 is 1.27. The topological polar surface area (TPSA) is 88.5 Å². The van der Waals surface area contributed by atoms with Gasteiger partial charge in [0.05, 0.1) is 18.2 Å². The molecule has 0 saturated carbocycles. The van der Waals surface area contributed by atoms with Crippen molar-refractivity contribution in [2.75, 3.05) is 12.4 Å². The van der Waals surface area contributed by atoms with E-state index in [1.807, 2.05) is 13.8 Å². The van der Waals surface area contributed by atoms with Gasteiger partial charge in [-0.2, -0.15) is 0 Å². The minimum Gasteiger partial charge on any atom is -0.481 e. The maximum atomic E-state index is 12.2. The number of hydrogen-bond donors (Lipinski definition) is 2. The molecule has 1 amide bonds. The molecule has 0 radical (unpaired) electrons. The summed E-state index contributed by atoms with van der Waals surface area (Å²) in [7, 11) is 1.49. The zero-order valence-electron chi connectivity index (χ0n) is 12.5. The molecule has 2 N–H and O–H groups in total. The molecule has 0 spiro atoms. The average molecular weight is 320 g/mol. The third-order valence-corrected chi connectivity index (χ3v) is 4.27. The van der Waals surface area contributed by atoms with E-state index in [0.29, 0.717) is 22.9 Å². The molecule has 6 nitrogen and oxygen atoms in total. The van der Waals surface area contributed by atoms with Crippen molar-refractivity contribution in [2.45, 2.75) is 20.3 Å². The third-order valence-electron chi connectivity index (χ3n) is 3.21. The molecule has 0 aliphatic rings. The fourth-order valence-corrected chi connectivity index (χ4v) is 3.26. The number of hydrogen-bond acceptors (Lipinski definition) is 5. The number of nitrogens with zero attached hydrogens (tertiary/aromatic N) is 1. The zero-order valence-corrected chi connectivity index (χ0v) is 13.3. The lowest BCUT2D eigenvalue weighted by atomic mass is 10.1. The second-order valence-corrected chi connectivity index (χ2v) is 5.77. The van der Waals surface area contributed by atoms with E-state index in [2.05, 4.69) is 10.3 Å². The maximum absolute atomic E-state index is 12.2. The van der Waals surface area contributed by atoms with E-state index in [1.54, 1.807) is 12.1 Å². The van der Waals surface area contributed by atoms with Crippen molar-refractivity contribution in [1.29, 1.82) is 0 Å². The summed E-state index contributed by atoms with van der Waals surface area (Å²) in [6.07, 6.45) is 1.99. The number of amides is 1. The first-order valence-electron chi connectivity index (χ1n) is 6.64. The van der Waals surface area contributed by atoms with Gasteiger partial charge in [0.1, 0.15) is 5.00 Å². The van der Waals surface area contributed by atoms with Gasteiger partial charge in [-0.3, -0.25) is 4.79 Å². The molecule has 7 heteroatoms. The highest BCUT2D eigenvalue weighted by Gasteiger charge is 2.22. The molecule has 0 fully saturated rings. The van der Waals surface area contributed by atoms with E-state index in [4.69, 9.17) is 4.74 Å². The van der Waals surface area contributed by atoms with Crippen LogP contribution in [-0.2, 0) is 6.42 Å². The van der Waals surface area contributed by atoms with Gasteiger partial charge < -0.3 is 15.2 Å². The molecule has 2 aromatic heterocycles. The van der Waals surface area contributed by atoms with Crippen molar-refractivity contribution in [3.05, 3.63) is 39.9 Å². The van der Waals surface area contributed by atoms with Crippen LogP contribution in [0.15, 0.2) is 18.3 Å². The lowest BCUT2D eigenvalue weighted by molar-refractivity contribution is 0.0697. The van der Waals surface area contributed by atoms with Gasteiger partial charge in [-0.1, -0.05) is 6.92 Å². The minimum atomic E-state index is -1.04. The monoisotopic (exact) mass is 320 g/mol. The molecule has 2 aromatic rings. The summed E-state index contributed by atoms with van der Waals surface area (Å²) < 4.78 is 4.93. The highest BCUT2D eigenvalue weighted by molar-refractivity contribution is 7.16. The van der Waals surface area contributed by atoms with Gasteiger partial charge in [0, 0.05) is 17.1 Å². The number of carboxylic acids is 1. The fourth-order valence-electron chi connectivity index (χ4n) is 2.13. The van der Waals surface area contributed by atoms with Crippen LogP contribution in [0.25, 0.3) is 0 Å². The van der Waals surface area contributed by atoms with Gasteiger partial charge >= 0.3 is 5.97 Å². The Morgan fingerprint density at radius 3 is 2.64 bits per heavy atom. The number of anilines is 1. The molecule has 2 heterocycles. The van der Waals surface area contributed by atoms with Crippen molar-refractivity contribution >= 4 is 28.2 Å². The van der Waals surface area contributed by atoms with Crippen LogP contribution < -0.4 is 10.1 Å². The summed E-state index contributed by atoms with van der Waals surface area (Å²) in [5.41, 5.74) is 1.25. The quantitative estimate of drug-likeness (QED) is 0.884. The summed E-state index contributed by atoms with van der Waals surface area (Å²) in [4.78, 5) is 28.5. The summed E-state index contributed by atoms with van der Waals surface area (Å²) in [6, 6.07) is 3.15. The molecule has 116 valence electrons. The van der Waals surface area contributed by atoms with Gasteiger partial charge in [-0.05, 0) is 25.0 Å². The molecule has 0 aromatic carbocycles. The number of thiophene rings is 1. The van der Waals surface area contributed by atoms with E-state index in [1.165, 1.54) is 24.6 Å². The molecule has 0 aliphatic heterocycles. The number of nitrogens with one attached hydrogen (secondary N) is 1. The van der Waals surface area contributed by atoms with Crippen molar-refractivity contribution in [2.24, 2.45) is 0 Å². The standard InChI is InChI=1S/C15H16N2O4S/c1-4-10-8(2)22-14(12(10)15(19)20)17-13(18)9-5-6-11(21-3)16-7-9/h5-7H,4H2,1-3H3,(H,17,18)(H,19,20). The first-order valence-corrected chi connectivity index (χ1v) is 7.46. The van der Waals surface area contributed by atoms with E-state index in [0.717, 1.165) is 10.4 Å². The smallest absolute Gasteiger partial charge is 0.339 e. The number of methoxy groups -OCH3 is 1. The highest BCUT2D eigenvalue weighted by atomic mass is 32.1. The van der Waals surface area contributed by atoms with Crippen molar-refractivity contribution < 1.29 is 19.4 Å². The first-order chi connectivity index (χ1) is 10.5. The molecular formula is C15H16N2O4S. The van der Waals surface area contributed by atoms with Crippen LogP contribution in [-0.4, -0.2) is 29.1 Å². The Kier molecular flexibility index (Phi) is 4.77.